The van der Waals surface area contributed by atoms with Gasteiger partial charge in [0, 0.05) is 13.1 Å². The number of nitrogens with zero attached hydrogens (tertiary/aromatic N) is 1. The Hall–Kier alpha value is -1.83. The number of morpholine rings is 1. The Morgan fingerprint density at radius 1 is 0.957 bits per heavy atom. The number of rotatable bonds is 3. The van der Waals surface area contributed by atoms with Crippen LogP contribution >= 0.6 is 0 Å². The van der Waals surface area contributed by atoms with Gasteiger partial charge in [-0.1, -0.05) is 12.1 Å². The summed E-state index contributed by atoms with van der Waals surface area (Å²) in [4.78, 5) is 0.0404. The second kappa shape index (κ2) is 6.35. The van der Waals surface area contributed by atoms with Crippen molar-refractivity contribution < 1.29 is 21.9 Å². The Bertz CT molecular complexity index is 776. The molecule has 4 nitrogen and oxygen atoms in total. The van der Waals surface area contributed by atoms with E-state index < -0.39 is 21.9 Å². The quantitative estimate of drug-likeness (QED) is 0.864. The Morgan fingerprint density at radius 2 is 1.52 bits per heavy atom. The normalized spacial score (nSPS) is 19.7. The number of sulfonamides is 1. The first-order chi connectivity index (χ1) is 11.0. The number of hydrogen-bond donors (Lipinski definition) is 0. The van der Waals surface area contributed by atoms with Gasteiger partial charge in [-0.05, 0) is 42.0 Å². The zero-order chi connectivity index (χ0) is 16.4. The van der Waals surface area contributed by atoms with E-state index in [2.05, 4.69) is 0 Å². The summed E-state index contributed by atoms with van der Waals surface area (Å²) >= 11 is 0. The zero-order valence-corrected chi connectivity index (χ0v) is 13.0. The Balaban J connectivity index is 1.82. The van der Waals surface area contributed by atoms with Crippen molar-refractivity contribution in [2.75, 3.05) is 19.7 Å². The second-order valence-electron chi connectivity index (χ2n) is 5.23. The van der Waals surface area contributed by atoms with E-state index in [0.717, 1.165) is 12.1 Å². The molecule has 0 N–H and O–H groups in total. The van der Waals surface area contributed by atoms with Gasteiger partial charge in [0.05, 0.1) is 17.6 Å². The molecule has 3 rings (SSSR count). The van der Waals surface area contributed by atoms with Gasteiger partial charge in [-0.25, -0.2) is 17.2 Å². The highest BCUT2D eigenvalue weighted by Crippen LogP contribution is 2.26. The third-order valence-corrected chi connectivity index (χ3v) is 5.60. The van der Waals surface area contributed by atoms with E-state index in [9.17, 15) is 17.2 Å². The van der Waals surface area contributed by atoms with Gasteiger partial charge in [0.25, 0.3) is 0 Å². The molecule has 0 bridgehead atoms. The molecule has 0 unspecified atom stereocenters. The van der Waals surface area contributed by atoms with Crippen molar-refractivity contribution in [3.63, 3.8) is 0 Å². The van der Waals surface area contributed by atoms with Gasteiger partial charge in [-0.2, -0.15) is 4.31 Å². The lowest BCUT2D eigenvalue weighted by Gasteiger charge is -2.32. The summed E-state index contributed by atoms with van der Waals surface area (Å²) in [5.74, 6) is -0.851. The summed E-state index contributed by atoms with van der Waals surface area (Å²) in [6.07, 6.45) is -0.459. The van der Waals surface area contributed by atoms with Gasteiger partial charge in [0.15, 0.2) is 0 Å². The van der Waals surface area contributed by atoms with Crippen molar-refractivity contribution in [1.82, 2.24) is 4.31 Å². The van der Waals surface area contributed by atoms with E-state index in [1.54, 1.807) is 12.1 Å². The molecule has 2 aromatic rings. The smallest absolute Gasteiger partial charge is 0.243 e. The average Bonchev–Trinajstić information content (AvgIpc) is 2.56. The summed E-state index contributed by atoms with van der Waals surface area (Å²) in [5, 5.41) is 0. The van der Waals surface area contributed by atoms with Crippen molar-refractivity contribution in [2.45, 2.75) is 11.0 Å². The topological polar surface area (TPSA) is 46.6 Å². The fraction of sp³-hybridized carbons (Fsp3) is 0.250. The SMILES string of the molecule is O=S(=O)(c1ccc(F)cc1)N1CCO[C@H](c2ccc(F)cc2)C1. The summed E-state index contributed by atoms with van der Waals surface area (Å²) in [6, 6.07) is 10.5. The summed E-state index contributed by atoms with van der Waals surface area (Å²) < 4.78 is 58.1. The largest absolute Gasteiger partial charge is 0.371 e. The molecule has 0 spiro atoms. The molecule has 122 valence electrons. The van der Waals surface area contributed by atoms with Gasteiger partial charge >= 0.3 is 0 Å². The summed E-state index contributed by atoms with van der Waals surface area (Å²) in [6.45, 7) is 0.589. The van der Waals surface area contributed by atoms with Crippen LogP contribution in [0.15, 0.2) is 53.4 Å². The molecular formula is C16H15F2NO3S. The van der Waals surface area contributed by atoms with Crippen LogP contribution in [0.1, 0.15) is 11.7 Å². The van der Waals surface area contributed by atoms with Gasteiger partial charge in [0.1, 0.15) is 11.6 Å². The molecule has 1 aliphatic heterocycles. The predicted octanol–water partition coefficient (Wildman–Crippen LogP) is 2.73. The van der Waals surface area contributed by atoms with E-state index in [-0.39, 0.29) is 30.4 Å². The molecule has 0 saturated carbocycles. The fourth-order valence-electron chi connectivity index (χ4n) is 2.48. The molecule has 1 fully saturated rings. The van der Waals surface area contributed by atoms with Crippen LogP contribution in [0.25, 0.3) is 0 Å². The molecule has 0 aliphatic carbocycles. The summed E-state index contributed by atoms with van der Waals surface area (Å²) in [7, 11) is -3.72. The van der Waals surface area contributed by atoms with Crippen molar-refractivity contribution in [1.29, 1.82) is 0 Å². The van der Waals surface area contributed by atoms with E-state index >= 15 is 0 Å². The maximum atomic E-state index is 13.0. The predicted molar refractivity (Wildman–Crippen MR) is 80.3 cm³/mol. The fourth-order valence-corrected chi connectivity index (χ4v) is 3.90. The molecule has 1 saturated heterocycles. The lowest BCUT2D eigenvalue weighted by Crippen LogP contribution is -2.42. The maximum absolute atomic E-state index is 13.0. The molecule has 1 heterocycles. The van der Waals surface area contributed by atoms with Crippen LogP contribution in [-0.4, -0.2) is 32.4 Å². The highest BCUT2D eigenvalue weighted by atomic mass is 32.2. The average molecular weight is 339 g/mol. The lowest BCUT2D eigenvalue weighted by molar-refractivity contribution is -0.00258. The third kappa shape index (κ3) is 3.41. The van der Waals surface area contributed by atoms with Crippen LogP contribution in [-0.2, 0) is 14.8 Å². The molecule has 0 radical (unpaired) electrons. The van der Waals surface area contributed by atoms with Crippen LogP contribution < -0.4 is 0 Å². The molecule has 0 amide bonds. The van der Waals surface area contributed by atoms with E-state index in [0.29, 0.717) is 5.56 Å². The zero-order valence-electron chi connectivity index (χ0n) is 12.2. The van der Waals surface area contributed by atoms with Crippen molar-refractivity contribution >= 4 is 10.0 Å². The maximum Gasteiger partial charge on any atom is 0.243 e. The first-order valence-corrected chi connectivity index (χ1v) is 8.53. The Morgan fingerprint density at radius 3 is 2.13 bits per heavy atom. The van der Waals surface area contributed by atoms with Gasteiger partial charge in [-0.15, -0.1) is 0 Å². The van der Waals surface area contributed by atoms with Crippen LogP contribution in [0.4, 0.5) is 8.78 Å². The first-order valence-electron chi connectivity index (χ1n) is 7.09. The minimum atomic E-state index is -3.72. The van der Waals surface area contributed by atoms with Gasteiger partial charge < -0.3 is 4.74 Å². The van der Waals surface area contributed by atoms with Crippen LogP contribution in [0.5, 0.6) is 0 Å². The number of halogens is 2. The van der Waals surface area contributed by atoms with Crippen molar-refractivity contribution in [3.05, 3.63) is 65.7 Å². The van der Waals surface area contributed by atoms with Crippen LogP contribution in [0, 0.1) is 11.6 Å². The molecule has 1 aliphatic rings. The standard InChI is InChI=1S/C16H15F2NO3S/c17-13-3-1-12(2-4-13)16-11-19(9-10-22-16)23(20,21)15-7-5-14(18)6-8-15/h1-8,16H,9-11H2/t16-/m0/s1. The van der Waals surface area contributed by atoms with Gasteiger partial charge in [-0.3, -0.25) is 0 Å². The minimum absolute atomic E-state index is 0.0404. The van der Waals surface area contributed by atoms with E-state index in [1.165, 1.54) is 28.6 Å². The molecule has 0 aromatic heterocycles. The second-order valence-corrected chi connectivity index (χ2v) is 7.17. The Kier molecular flexibility index (Phi) is 4.43. The van der Waals surface area contributed by atoms with Crippen LogP contribution in [0.2, 0.25) is 0 Å². The number of ether oxygens (including phenoxy) is 1. The molecule has 1 atom stereocenters. The van der Waals surface area contributed by atoms with Crippen molar-refractivity contribution in [2.24, 2.45) is 0 Å². The summed E-state index contributed by atoms with van der Waals surface area (Å²) in [5.41, 5.74) is 0.713. The Labute approximate surface area is 133 Å². The minimum Gasteiger partial charge on any atom is -0.371 e. The molecular weight excluding hydrogens is 324 g/mol. The highest BCUT2D eigenvalue weighted by Gasteiger charge is 2.31. The third-order valence-electron chi connectivity index (χ3n) is 3.72. The monoisotopic (exact) mass is 339 g/mol. The van der Waals surface area contributed by atoms with Crippen LogP contribution in [0.3, 0.4) is 0 Å². The van der Waals surface area contributed by atoms with Crippen molar-refractivity contribution in [3.8, 4) is 0 Å². The number of hydrogen-bond acceptors (Lipinski definition) is 3. The molecule has 2 aromatic carbocycles. The number of benzene rings is 2. The highest BCUT2D eigenvalue weighted by molar-refractivity contribution is 7.89. The lowest BCUT2D eigenvalue weighted by atomic mass is 10.1. The first kappa shape index (κ1) is 16.0. The van der Waals surface area contributed by atoms with Gasteiger partial charge in [0.2, 0.25) is 10.0 Å². The molecule has 23 heavy (non-hydrogen) atoms. The van der Waals surface area contributed by atoms with E-state index in [1.807, 2.05) is 0 Å². The van der Waals surface area contributed by atoms with E-state index in [4.69, 9.17) is 4.74 Å². The molecule has 7 heteroatoms.